The first-order chi connectivity index (χ1) is 12.2. The van der Waals surface area contributed by atoms with Gasteiger partial charge in [0.25, 0.3) is 0 Å². The highest BCUT2D eigenvalue weighted by Crippen LogP contribution is 2.38. The van der Waals surface area contributed by atoms with Gasteiger partial charge in [0, 0.05) is 10.9 Å². The van der Waals surface area contributed by atoms with Crippen molar-refractivity contribution in [2.24, 2.45) is 0 Å². The van der Waals surface area contributed by atoms with E-state index < -0.39 is 5.97 Å². The van der Waals surface area contributed by atoms with Gasteiger partial charge in [-0.25, -0.2) is 4.79 Å². The number of thiophene rings is 1. The SMILES string of the molecule is CCOC(=O)c1c(-c2ccccc2)csc1NC(SC)=C(C#N)C#N. The lowest BCUT2D eigenvalue weighted by Crippen LogP contribution is -2.09. The third kappa shape index (κ3) is 4.21. The maximum atomic E-state index is 12.5. The van der Waals surface area contributed by atoms with Crippen LogP contribution in [0.3, 0.4) is 0 Å². The lowest BCUT2D eigenvalue weighted by Gasteiger charge is -2.10. The van der Waals surface area contributed by atoms with E-state index in [2.05, 4.69) is 5.32 Å². The number of carbonyl (C=O) groups excluding carboxylic acids is 1. The fourth-order valence-corrected chi connectivity index (χ4v) is 3.66. The predicted octanol–water partition coefficient (Wildman–Crippen LogP) is 4.63. The molecule has 0 amide bonds. The highest BCUT2D eigenvalue weighted by atomic mass is 32.2. The third-order valence-electron chi connectivity index (χ3n) is 3.24. The number of hydrogen-bond donors (Lipinski definition) is 1. The van der Waals surface area contributed by atoms with Gasteiger partial charge in [0.2, 0.25) is 0 Å². The van der Waals surface area contributed by atoms with Crippen LogP contribution >= 0.6 is 23.1 Å². The van der Waals surface area contributed by atoms with Gasteiger partial charge in [-0.05, 0) is 18.7 Å². The van der Waals surface area contributed by atoms with Crippen molar-refractivity contribution >= 4 is 34.1 Å². The van der Waals surface area contributed by atoms with Crippen molar-refractivity contribution in [2.75, 3.05) is 18.2 Å². The van der Waals surface area contributed by atoms with Crippen LogP contribution in [0.1, 0.15) is 17.3 Å². The topological polar surface area (TPSA) is 85.9 Å². The molecule has 0 saturated carbocycles. The Bertz CT molecular complexity index is 858. The molecule has 2 aromatic rings. The number of allylic oxidation sites excluding steroid dienone is 1. The third-order valence-corrected chi connectivity index (χ3v) is 4.85. The minimum absolute atomic E-state index is 0.0306. The molecule has 0 radical (unpaired) electrons. The molecule has 0 bridgehead atoms. The number of hydrogen-bond acceptors (Lipinski definition) is 7. The van der Waals surface area contributed by atoms with Gasteiger partial charge < -0.3 is 10.1 Å². The van der Waals surface area contributed by atoms with Crippen LogP contribution in [0.15, 0.2) is 46.3 Å². The number of nitriles is 2. The van der Waals surface area contributed by atoms with Crippen molar-refractivity contribution < 1.29 is 9.53 Å². The Hall–Kier alpha value is -2.74. The summed E-state index contributed by atoms with van der Waals surface area (Å²) in [7, 11) is 0. The van der Waals surface area contributed by atoms with Crippen LogP contribution in [0.25, 0.3) is 11.1 Å². The van der Waals surface area contributed by atoms with Crippen LogP contribution in [-0.2, 0) is 4.74 Å². The zero-order valence-electron chi connectivity index (χ0n) is 13.7. The summed E-state index contributed by atoms with van der Waals surface area (Å²) in [5.41, 5.74) is 2.02. The number of carbonyl (C=O) groups is 1. The van der Waals surface area contributed by atoms with Gasteiger partial charge in [0.15, 0.2) is 5.57 Å². The van der Waals surface area contributed by atoms with E-state index in [1.165, 1.54) is 23.1 Å². The number of benzene rings is 1. The summed E-state index contributed by atoms with van der Waals surface area (Å²) < 4.78 is 5.19. The molecule has 2 rings (SSSR count). The zero-order chi connectivity index (χ0) is 18.2. The van der Waals surface area contributed by atoms with E-state index in [-0.39, 0.29) is 12.2 Å². The summed E-state index contributed by atoms with van der Waals surface area (Å²) in [6.07, 6.45) is 1.76. The van der Waals surface area contributed by atoms with Crippen molar-refractivity contribution in [1.29, 1.82) is 10.5 Å². The standard InChI is InChI=1S/C18H15N3O2S2/c1-3-23-18(22)15-14(12-7-5-4-6-8-12)11-25-17(15)21-16(24-2)13(9-19)10-20/h4-8,11,21H,3H2,1-2H3. The van der Waals surface area contributed by atoms with Gasteiger partial charge in [-0.3, -0.25) is 0 Å². The first-order valence-corrected chi connectivity index (χ1v) is 9.46. The van der Waals surface area contributed by atoms with E-state index in [9.17, 15) is 4.79 Å². The second-order valence-electron chi connectivity index (χ2n) is 4.70. The number of anilines is 1. The van der Waals surface area contributed by atoms with E-state index >= 15 is 0 Å². The number of nitrogens with one attached hydrogen (secondary N) is 1. The average molecular weight is 369 g/mol. The van der Waals surface area contributed by atoms with Gasteiger partial charge >= 0.3 is 5.97 Å². The van der Waals surface area contributed by atoms with Crippen molar-refractivity contribution in [3.63, 3.8) is 0 Å². The van der Waals surface area contributed by atoms with Crippen molar-refractivity contribution in [3.8, 4) is 23.3 Å². The molecule has 25 heavy (non-hydrogen) atoms. The molecule has 0 unspecified atom stereocenters. The van der Waals surface area contributed by atoms with Gasteiger partial charge in [-0.15, -0.1) is 23.1 Å². The zero-order valence-corrected chi connectivity index (χ0v) is 15.3. The van der Waals surface area contributed by atoms with Crippen molar-refractivity contribution in [2.45, 2.75) is 6.92 Å². The Kier molecular flexibility index (Phi) is 6.64. The van der Waals surface area contributed by atoms with Gasteiger partial charge in [-0.2, -0.15) is 10.5 Å². The van der Waals surface area contributed by atoms with Crippen LogP contribution in [0.5, 0.6) is 0 Å². The Morgan fingerprint density at radius 3 is 2.52 bits per heavy atom. The smallest absolute Gasteiger partial charge is 0.341 e. The van der Waals surface area contributed by atoms with E-state index in [1.54, 1.807) is 13.2 Å². The van der Waals surface area contributed by atoms with Crippen molar-refractivity contribution in [3.05, 3.63) is 51.9 Å². The number of nitrogens with zero attached hydrogens (tertiary/aromatic N) is 2. The molecule has 5 nitrogen and oxygen atoms in total. The summed E-state index contributed by atoms with van der Waals surface area (Å²) in [5.74, 6) is -0.443. The monoisotopic (exact) mass is 369 g/mol. The average Bonchev–Trinajstić information content (AvgIpc) is 3.06. The Morgan fingerprint density at radius 1 is 1.28 bits per heavy atom. The van der Waals surface area contributed by atoms with E-state index in [4.69, 9.17) is 15.3 Å². The molecule has 0 fully saturated rings. The molecule has 1 aromatic carbocycles. The molecule has 1 aromatic heterocycles. The second-order valence-corrected chi connectivity index (χ2v) is 6.39. The molecule has 0 spiro atoms. The van der Waals surface area contributed by atoms with Crippen LogP contribution in [-0.4, -0.2) is 18.8 Å². The molecule has 0 saturated heterocycles. The Morgan fingerprint density at radius 2 is 1.96 bits per heavy atom. The lowest BCUT2D eigenvalue weighted by molar-refractivity contribution is 0.0529. The van der Waals surface area contributed by atoms with Gasteiger partial charge in [0.05, 0.1) is 6.61 Å². The summed E-state index contributed by atoms with van der Waals surface area (Å²) in [4.78, 5) is 12.5. The fraction of sp³-hybridized carbons (Fsp3) is 0.167. The number of esters is 1. The minimum atomic E-state index is -0.443. The largest absolute Gasteiger partial charge is 0.462 e. The first kappa shape index (κ1) is 18.6. The first-order valence-electron chi connectivity index (χ1n) is 7.35. The number of rotatable bonds is 6. The number of ether oxygens (including phenoxy) is 1. The normalized spacial score (nSPS) is 9.60. The van der Waals surface area contributed by atoms with E-state index in [0.717, 1.165) is 11.1 Å². The summed E-state index contributed by atoms with van der Waals surface area (Å²) in [6.45, 7) is 2.01. The van der Waals surface area contributed by atoms with Gasteiger partial charge in [-0.1, -0.05) is 30.3 Å². The molecular formula is C18H15N3O2S2. The quantitative estimate of drug-likeness (QED) is 0.590. The number of thioether (sulfide) groups is 1. The minimum Gasteiger partial charge on any atom is -0.462 e. The molecule has 0 aliphatic heterocycles. The molecule has 1 heterocycles. The lowest BCUT2D eigenvalue weighted by atomic mass is 10.0. The van der Waals surface area contributed by atoms with Gasteiger partial charge in [0.1, 0.15) is 27.7 Å². The van der Waals surface area contributed by atoms with Crippen LogP contribution < -0.4 is 5.32 Å². The molecular weight excluding hydrogens is 354 g/mol. The molecule has 1 N–H and O–H groups in total. The second kappa shape index (κ2) is 8.93. The maximum Gasteiger partial charge on any atom is 0.341 e. The van der Waals surface area contributed by atoms with Crippen LogP contribution in [0.4, 0.5) is 5.00 Å². The van der Waals surface area contributed by atoms with Crippen LogP contribution in [0, 0.1) is 22.7 Å². The summed E-state index contributed by atoms with van der Waals surface area (Å²) in [5, 5.41) is 24.0. The van der Waals surface area contributed by atoms with E-state index in [0.29, 0.717) is 15.6 Å². The predicted molar refractivity (Wildman–Crippen MR) is 101 cm³/mol. The highest BCUT2D eigenvalue weighted by Gasteiger charge is 2.22. The molecule has 7 heteroatoms. The molecule has 126 valence electrons. The van der Waals surface area contributed by atoms with Crippen LogP contribution in [0.2, 0.25) is 0 Å². The highest BCUT2D eigenvalue weighted by molar-refractivity contribution is 8.02. The summed E-state index contributed by atoms with van der Waals surface area (Å²) in [6, 6.07) is 13.2. The maximum absolute atomic E-state index is 12.5. The Labute approximate surface area is 154 Å². The fourth-order valence-electron chi connectivity index (χ4n) is 2.13. The van der Waals surface area contributed by atoms with Crippen molar-refractivity contribution in [1.82, 2.24) is 0 Å². The van der Waals surface area contributed by atoms with E-state index in [1.807, 2.05) is 47.9 Å². The summed E-state index contributed by atoms with van der Waals surface area (Å²) >= 11 is 2.57. The molecule has 0 aliphatic carbocycles. The Balaban J connectivity index is 2.55. The molecule has 0 atom stereocenters. The molecule has 0 aliphatic rings.